The Labute approximate surface area is 152 Å². The lowest BCUT2D eigenvalue weighted by Crippen LogP contribution is -2.49. The van der Waals surface area contributed by atoms with Gasteiger partial charge in [0.05, 0.1) is 5.71 Å². The summed E-state index contributed by atoms with van der Waals surface area (Å²) in [6, 6.07) is 9.90. The van der Waals surface area contributed by atoms with Crippen LogP contribution in [0, 0.1) is 5.92 Å². The van der Waals surface area contributed by atoms with E-state index in [1.54, 1.807) is 6.08 Å². The lowest BCUT2D eigenvalue weighted by atomic mass is 9.84. The standard InChI is InChI=1S/C21H21FN2O2/c1-14-17(8-5-9-18(14)22)19-20(21(25)26-23-19)24-12-10-16(11-13-24)15-6-3-2-4-7-15/h2-9,16-17,20H,1,10-13H2. The first-order valence-corrected chi connectivity index (χ1v) is 8.96. The second kappa shape index (κ2) is 7.00. The monoisotopic (exact) mass is 352 g/mol. The molecule has 1 saturated heterocycles. The number of carbonyl (C=O) groups excluding carboxylic acids is 1. The molecule has 2 unspecified atom stereocenters. The molecule has 0 saturated carbocycles. The molecule has 0 bridgehead atoms. The molecule has 4 rings (SSSR count). The Morgan fingerprint density at radius 3 is 2.65 bits per heavy atom. The first-order valence-electron chi connectivity index (χ1n) is 8.96. The molecule has 2 atom stereocenters. The molecule has 2 aliphatic heterocycles. The Bertz CT molecular complexity index is 805. The Morgan fingerprint density at radius 1 is 1.19 bits per heavy atom. The number of benzene rings is 1. The lowest BCUT2D eigenvalue weighted by Gasteiger charge is -2.35. The normalized spacial score (nSPS) is 27.3. The molecule has 0 N–H and O–H groups in total. The van der Waals surface area contributed by atoms with Crippen LogP contribution in [0.3, 0.4) is 0 Å². The number of rotatable bonds is 3. The van der Waals surface area contributed by atoms with Gasteiger partial charge in [-0.2, -0.15) is 0 Å². The van der Waals surface area contributed by atoms with Gasteiger partial charge in [0.2, 0.25) is 0 Å². The van der Waals surface area contributed by atoms with E-state index in [2.05, 4.69) is 40.9 Å². The molecule has 0 spiro atoms. The van der Waals surface area contributed by atoms with Crippen molar-refractivity contribution < 1.29 is 14.0 Å². The number of piperidine rings is 1. The van der Waals surface area contributed by atoms with Crippen LogP contribution in [0.15, 0.2) is 71.7 Å². The fourth-order valence-electron chi connectivity index (χ4n) is 4.00. The number of halogens is 1. The van der Waals surface area contributed by atoms with E-state index in [4.69, 9.17) is 4.84 Å². The Balaban J connectivity index is 1.48. The van der Waals surface area contributed by atoms with Gasteiger partial charge in [-0.1, -0.05) is 54.2 Å². The van der Waals surface area contributed by atoms with Gasteiger partial charge in [-0.15, -0.1) is 0 Å². The maximum absolute atomic E-state index is 13.9. The summed E-state index contributed by atoms with van der Waals surface area (Å²) in [7, 11) is 0. The fourth-order valence-corrected chi connectivity index (χ4v) is 4.00. The van der Waals surface area contributed by atoms with Crippen molar-refractivity contribution in [3.63, 3.8) is 0 Å². The highest BCUT2D eigenvalue weighted by atomic mass is 19.1. The van der Waals surface area contributed by atoms with E-state index in [0.717, 1.165) is 25.9 Å². The van der Waals surface area contributed by atoms with E-state index in [-0.39, 0.29) is 11.8 Å². The zero-order chi connectivity index (χ0) is 18.1. The Kier molecular flexibility index (Phi) is 4.55. The highest BCUT2D eigenvalue weighted by Crippen LogP contribution is 2.34. The van der Waals surface area contributed by atoms with Crippen LogP contribution >= 0.6 is 0 Å². The highest BCUT2D eigenvalue weighted by Gasteiger charge is 2.43. The quantitative estimate of drug-likeness (QED) is 0.778. The number of oxime groups is 1. The van der Waals surface area contributed by atoms with Crippen molar-refractivity contribution in [3.8, 4) is 0 Å². The molecular weight excluding hydrogens is 331 g/mol. The second-order valence-corrected chi connectivity index (χ2v) is 6.95. The highest BCUT2D eigenvalue weighted by molar-refractivity contribution is 6.11. The maximum Gasteiger partial charge on any atom is 0.357 e. The average molecular weight is 352 g/mol. The summed E-state index contributed by atoms with van der Waals surface area (Å²) in [4.78, 5) is 19.4. The predicted octanol–water partition coefficient (Wildman–Crippen LogP) is 3.74. The molecule has 0 amide bonds. The Morgan fingerprint density at radius 2 is 1.92 bits per heavy atom. The molecule has 134 valence electrons. The summed E-state index contributed by atoms with van der Waals surface area (Å²) < 4.78 is 13.9. The molecule has 1 aromatic carbocycles. The summed E-state index contributed by atoms with van der Waals surface area (Å²) in [5, 5.41) is 3.98. The van der Waals surface area contributed by atoms with Crippen molar-refractivity contribution in [2.24, 2.45) is 11.1 Å². The summed E-state index contributed by atoms with van der Waals surface area (Å²) >= 11 is 0. The van der Waals surface area contributed by atoms with Crippen molar-refractivity contribution in [3.05, 3.63) is 72.1 Å². The largest absolute Gasteiger partial charge is 0.357 e. The molecule has 2 heterocycles. The first-order chi connectivity index (χ1) is 12.6. The molecule has 26 heavy (non-hydrogen) atoms. The van der Waals surface area contributed by atoms with Gasteiger partial charge in [0.15, 0.2) is 6.04 Å². The predicted molar refractivity (Wildman–Crippen MR) is 98.3 cm³/mol. The summed E-state index contributed by atoms with van der Waals surface area (Å²) in [5.74, 6) is -0.686. The molecule has 3 aliphatic rings. The van der Waals surface area contributed by atoms with Crippen molar-refractivity contribution in [2.45, 2.75) is 24.8 Å². The number of nitrogens with zero attached hydrogens (tertiary/aromatic N) is 2. The van der Waals surface area contributed by atoms with E-state index in [0.29, 0.717) is 17.2 Å². The third kappa shape index (κ3) is 3.03. The third-order valence-corrected chi connectivity index (χ3v) is 5.46. The third-order valence-electron chi connectivity index (χ3n) is 5.46. The zero-order valence-electron chi connectivity index (χ0n) is 14.5. The zero-order valence-corrected chi connectivity index (χ0v) is 14.5. The van der Waals surface area contributed by atoms with Gasteiger partial charge in [0, 0.05) is 5.92 Å². The van der Waals surface area contributed by atoms with Gasteiger partial charge in [0.25, 0.3) is 0 Å². The molecule has 4 nitrogen and oxygen atoms in total. The van der Waals surface area contributed by atoms with Gasteiger partial charge in [-0.3, -0.25) is 4.90 Å². The van der Waals surface area contributed by atoms with E-state index in [1.165, 1.54) is 11.6 Å². The van der Waals surface area contributed by atoms with Gasteiger partial charge >= 0.3 is 5.97 Å². The molecule has 0 aromatic heterocycles. The van der Waals surface area contributed by atoms with Crippen LogP contribution in [0.2, 0.25) is 0 Å². The molecule has 5 heteroatoms. The minimum Gasteiger partial charge on any atom is -0.316 e. The first kappa shape index (κ1) is 16.9. The van der Waals surface area contributed by atoms with Crippen LogP contribution in [-0.4, -0.2) is 35.7 Å². The molecule has 1 aromatic rings. The summed E-state index contributed by atoms with van der Waals surface area (Å²) in [6.45, 7) is 5.37. The van der Waals surface area contributed by atoms with E-state index in [9.17, 15) is 9.18 Å². The van der Waals surface area contributed by atoms with Gasteiger partial charge in [-0.25, -0.2) is 9.18 Å². The molecule has 0 radical (unpaired) electrons. The number of hydrogen-bond acceptors (Lipinski definition) is 4. The van der Waals surface area contributed by atoms with Crippen molar-refractivity contribution >= 4 is 11.7 Å². The van der Waals surface area contributed by atoms with Crippen LogP contribution < -0.4 is 0 Å². The fraction of sp³-hybridized carbons (Fsp3) is 0.333. The van der Waals surface area contributed by atoms with Crippen LogP contribution in [0.1, 0.15) is 24.3 Å². The smallest absolute Gasteiger partial charge is 0.316 e. The number of carbonyl (C=O) groups is 1. The topological polar surface area (TPSA) is 41.9 Å². The van der Waals surface area contributed by atoms with Crippen LogP contribution in [0.4, 0.5) is 4.39 Å². The van der Waals surface area contributed by atoms with Gasteiger partial charge in [0.1, 0.15) is 5.83 Å². The van der Waals surface area contributed by atoms with Crippen LogP contribution in [0.5, 0.6) is 0 Å². The molecule has 1 fully saturated rings. The van der Waals surface area contributed by atoms with E-state index >= 15 is 0 Å². The number of hydrogen-bond donors (Lipinski definition) is 0. The molecular formula is C21H21FN2O2. The minimum absolute atomic E-state index is 0.328. The maximum atomic E-state index is 13.9. The van der Waals surface area contributed by atoms with Crippen LogP contribution in [0.25, 0.3) is 0 Å². The van der Waals surface area contributed by atoms with Gasteiger partial charge < -0.3 is 4.84 Å². The Hall–Kier alpha value is -2.53. The second-order valence-electron chi connectivity index (χ2n) is 6.95. The van der Waals surface area contributed by atoms with Gasteiger partial charge in [-0.05, 0) is 49.1 Å². The summed E-state index contributed by atoms with van der Waals surface area (Å²) in [6.07, 6.45) is 6.76. The molecule has 1 aliphatic carbocycles. The number of likely N-dealkylation sites (tertiary alicyclic amines) is 1. The van der Waals surface area contributed by atoms with E-state index in [1.807, 2.05) is 12.1 Å². The SMILES string of the molecule is C=C1C(F)=CC=CC1C1=NOC(=O)C1N1CCC(c2ccccc2)CC1. The number of allylic oxidation sites excluding steroid dienone is 5. The van der Waals surface area contributed by atoms with Crippen molar-refractivity contribution in [1.82, 2.24) is 4.90 Å². The van der Waals surface area contributed by atoms with E-state index < -0.39 is 12.0 Å². The van der Waals surface area contributed by atoms with Crippen molar-refractivity contribution in [2.75, 3.05) is 13.1 Å². The van der Waals surface area contributed by atoms with Crippen molar-refractivity contribution in [1.29, 1.82) is 0 Å². The average Bonchev–Trinajstić information content (AvgIpc) is 3.06. The van der Waals surface area contributed by atoms with Crippen LogP contribution in [-0.2, 0) is 9.63 Å². The minimum atomic E-state index is -0.552. The lowest BCUT2D eigenvalue weighted by molar-refractivity contribution is -0.144. The summed E-state index contributed by atoms with van der Waals surface area (Å²) in [5.41, 5.74) is 2.21.